The molecule has 0 heterocycles. The van der Waals surface area contributed by atoms with Crippen LogP contribution < -0.4 is 10.6 Å². The Balaban J connectivity index is 2.48. The topological polar surface area (TPSA) is 61.4 Å². The summed E-state index contributed by atoms with van der Waals surface area (Å²) in [5, 5.41) is 14.0. The number of aliphatic hydroxyl groups is 1. The van der Waals surface area contributed by atoms with Gasteiger partial charge in [0.25, 0.3) is 0 Å². The molecule has 2 amide bonds. The Labute approximate surface area is 123 Å². The first kappa shape index (κ1) is 16.7. The highest BCUT2D eigenvalue weighted by molar-refractivity contribution is 6.31. The van der Waals surface area contributed by atoms with Crippen LogP contribution in [0.15, 0.2) is 18.2 Å². The molecule has 0 fully saturated rings. The van der Waals surface area contributed by atoms with Gasteiger partial charge in [0.05, 0.1) is 10.7 Å². The quantitative estimate of drug-likeness (QED) is 0.723. The first-order chi connectivity index (χ1) is 9.58. The van der Waals surface area contributed by atoms with E-state index in [1.165, 1.54) is 12.1 Å². The average Bonchev–Trinajstić information content (AvgIpc) is 2.42. The molecule has 20 heavy (non-hydrogen) atoms. The molecule has 112 valence electrons. The number of carbonyl (C=O) groups excluding carboxylic acids is 1. The summed E-state index contributed by atoms with van der Waals surface area (Å²) in [7, 11) is 0. The Kier molecular flexibility index (Phi) is 7.33. The van der Waals surface area contributed by atoms with Gasteiger partial charge in [-0.05, 0) is 30.9 Å². The van der Waals surface area contributed by atoms with Crippen LogP contribution in [0.3, 0.4) is 0 Å². The van der Waals surface area contributed by atoms with E-state index in [0.717, 1.165) is 12.8 Å². The summed E-state index contributed by atoms with van der Waals surface area (Å²) in [4.78, 5) is 11.7. The monoisotopic (exact) mass is 302 g/mol. The lowest BCUT2D eigenvalue weighted by Crippen LogP contribution is -2.33. The van der Waals surface area contributed by atoms with Gasteiger partial charge in [-0.3, -0.25) is 0 Å². The number of halogens is 2. The van der Waals surface area contributed by atoms with Gasteiger partial charge in [-0.2, -0.15) is 0 Å². The number of urea groups is 1. The van der Waals surface area contributed by atoms with Crippen LogP contribution in [-0.4, -0.2) is 24.3 Å². The zero-order valence-corrected chi connectivity index (χ0v) is 12.2. The van der Waals surface area contributed by atoms with Crippen molar-refractivity contribution in [3.63, 3.8) is 0 Å². The fraction of sp³-hybridized carbons (Fsp3) is 0.500. The molecule has 0 spiro atoms. The third kappa shape index (κ3) is 5.35. The van der Waals surface area contributed by atoms with Gasteiger partial charge >= 0.3 is 6.03 Å². The van der Waals surface area contributed by atoms with Gasteiger partial charge in [-0.15, -0.1) is 0 Å². The van der Waals surface area contributed by atoms with E-state index in [0.29, 0.717) is 13.0 Å². The minimum Gasteiger partial charge on any atom is -0.396 e. The maximum Gasteiger partial charge on any atom is 0.319 e. The first-order valence-corrected chi connectivity index (χ1v) is 7.06. The smallest absolute Gasteiger partial charge is 0.319 e. The number of hydrogen-bond acceptors (Lipinski definition) is 2. The third-order valence-electron chi connectivity index (χ3n) is 2.99. The van der Waals surface area contributed by atoms with Crippen LogP contribution in [0.1, 0.15) is 26.2 Å². The van der Waals surface area contributed by atoms with Gasteiger partial charge in [0.2, 0.25) is 0 Å². The Hall–Kier alpha value is -1.33. The molecule has 1 atom stereocenters. The predicted molar refractivity (Wildman–Crippen MR) is 78.5 cm³/mol. The van der Waals surface area contributed by atoms with E-state index in [1.54, 1.807) is 6.07 Å². The Bertz CT molecular complexity index is 437. The van der Waals surface area contributed by atoms with Crippen molar-refractivity contribution in [2.24, 2.45) is 5.92 Å². The normalized spacial score (nSPS) is 12.0. The summed E-state index contributed by atoms with van der Waals surface area (Å²) >= 11 is 5.63. The highest BCUT2D eigenvalue weighted by Gasteiger charge is 2.12. The molecular weight excluding hydrogens is 283 g/mol. The lowest BCUT2D eigenvalue weighted by Gasteiger charge is -2.16. The number of nitrogens with one attached hydrogen (secondary N) is 2. The summed E-state index contributed by atoms with van der Waals surface area (Å²) < 4.78 is 13.6. The van der Waals surface area contributed by atoms with Crippen LogP contribution in [0.5, 0.6) is 0 Å². The maximum absolute atomic E-state index is 13.6. The van der Waals surface area contributed by atoms with Crippen molar-refractivity contribution in [3.05, 3.63) is 29.0 Å². The molecule has 1 aromatic rings. The van der Waals surface area contributed by atoms with Gasteiger partial charge in [0, 0.05) is 13.2 Å². The number of aliphatic hydroxyl groups excluding tert-OH is 1. The molecule has 0 saturated carbocycles. The van der Waals surface area contributed by atoms with Crippen molar-refractivity contribution in [2.45, 2.75) is 26.2 Å². The van der Waals surface area contributed by atoms with E-state index in [2.05, 4.69) is 10.6 Å². The molecule has 0 aliphatic carbocycles. The van der Waals surface area contributed by atoms with E-state index >= 15 is 0 Å². The van der Waals surface area contributed by atoms with Gasteiger partial charge in [0.1, 0.15) is 0 Å². The highest BCUT2D eigenvalue weighted by Crippen LogP contribution is 2.21. The van der Waals surface area contributed by atoms with E-state index in [4.69, 9.17) is 16.7 Å². The molecule has 0 radical (unpaired) electrons. The Morgan fingerprint density at radius 1 is 1.45 bits per heavy atom. The van der Waals surface area contributed by atoms with Crippen LogP contribution >= 0.6 is 11.6 Å². The van der Waals surface area contributed by atoms with Crippen LogP contribution in [0.2, 0.25) is 5.02 Å². The van der Waals surface area contributed by atoms with E-state index in [1.807, 2.05) is 6.92 Å². The standard InChI is InChI=1S/C14H20ClFN2O2/c1-2-4-10(7-8-19)9-17-14(20)18-12-6-3-5-11(15)13(12)16/h3,5-6,10,19H,2,4,7-9H2,1H3,(H2,17,18,20). The zero-order valence-electron chi connectivity index (χ0n) is 11.5. The van der Waals surface area contributed by atoms with Gasteiger partial charge in [-0.1, -0.05) is 31.0 Å². The summed E-state index contributed by atoms with van der Waals surface area (Å²) in [6, 6.07) is 3.94. The zero-order chi connectivity index (χ0) is 15.0. The predicted octanol–water partition coefficient (Wildman–Crippen LogP) is 3.40. The SMILES string of the molecule is CCCC(CCO)CNC(=O)Nc1cccc(Cl)c1F. The lowest BCUT2D eigenvalue weighted by atomic mass is 10.0. The molecule has 0 aromatic heterocycles. The fourth-order valence-corrected chi connectivity index (χ4v) is 2.12. The van der Waals surface area contributed by atoms with Crippen LogP contribution in [-0.2, 0) is 0 Å². The number of rotatable bonds is 7. The fourth-order valence-electron chi connectivity index (χ4n) is 1.94. The second-order valence-corrected chi connectivity index (χ2v) is 5.01. The summed E-state index contributed by atoms with van der Waals surface area (Å²) in [5.41, 5.74) is 0.0456. The Morgan fingerprint density at radius 3 is 2.85 bits per heavy atom. The highest BCUT2D eigenvalue weighted by atomic mass is 35.5. The molecular formula is C14H20ClFN2O2. The second kappa shape index (κ2) is 8.76. The summed E-state index contributed by atoms with van der Waals surface area (Å²) in [6.07, 6.45) is 2.54. The molecule has 1 aromatic carbocycles. The molecule has 0 saturated heterocycles. The minimum atomic E-state index is -0.648. The molecule has 1 rings (SSSR count). The van der Waals surface area contributed by atoms with Crippen molar-refractivity contribution in [1.82, 2.24) is 5.32 Å². The van der Waals surface area contributed by atoms with Crippen LogP contribution in [0.25, 0.3) is 0 Å². The van der Waals surface area contributed by atoms with Crippen LogP contribution in [0.4, 0.5) is 14.9 Å². The van der Waals surface area contributed by atoms with E-state index < -0.39 is 11.8 Å². The second-order valence-electron chi connectivity index (χ2n) is 4.60. The number of benzene rings is 1. The summed E-state index contributed by atoms with van der Waals surface area (Å²) in [6.45, 7) is 2.59. The van der Waals surface area contributed by atoms with Gasteiger partial charge in [-0.25, -0.2) is 9.18 Å². The minimum absolute atomic E-state index is 0.0352. The lowest BCUT2D eigenvalue weighted by molar-refractivity contribution is 0.236. The van der Waals surface area contributed by atoms with E-state index in [9.17, 15) is 9.18 Å². The number of hydrogen-bond donors (Lipinski definition) is 3. The van der Waals surface area contributed by atoms with Crippen molar-refractivity contribution in [3.8, 4) is 0 Å². The van der Waals surface area contributed by atoms with Crippen molar-refractivity contribution in [2.75, 3.05) is 18.5 Å². The molecule has 1 unspecified atom stereocenters. The third-order valence-corrected chi connectivity index (χ3v) is 3.28. The number of carbonyl (C=O) groups is 1. The molecule has 0 bridgehead atoms. The molecule has 4 nitrogen and oxygen atoms in total. The largest absolute Gasteiger partial charge is 0.396 e. The first-order valence-electron chi connectivity index (χ1n) is 6.68. The summed E-state index contributed by atoms with van der Waals surface area (Å²) in [5.74, 6) is -0.426. The van der Waals surface area contributed by atoms with Crippen LogP contribution in [0, 0.1) is 11.7 Å². The molecule has 3 N–H and O–H groups in total. The van der Waals surface area contributed by atoms with E-state index in [-0.39, 0.29) is 23.2 Å². The Morgan fingerprint density at radius 2 is 2.20 bits per heavy atom. The van der Waals surface area contributed by atoms with Gasteiger partial charge < -0.3 is 15.7 Å². The molecule has 6 heteroatoms. The van der Waals surface area contributed by atoms with Crippen molar-refractivity contribution >= 4 is 23.3 Å². The number of anilines is 1. The maximum atomic E-state index is 13.6. The number of amides is 2. The molecule has 0 aliphatic heterocycles. The molecule has 0 aliphatic rings. The van der Waals surface area contributed by atoms with Crippen molar-refractivity contribution in [1.29, 1.82) is 0 Å². The van der Waals surface area contributed by atoms with Crippen molar-refractivity contribution < 1.29 is 14.3 Å². The van der Waals surface area contributed by atoms with Gasteiger partial charge in [0.15, 0.2) is 5.82 Å². The average molecular weight is 303 g/mol.